The van der Waals surface area contributed by atoms with Crippen molar-refractivity contribution in [3.63, 3.8) is 0 Å². The van der Waals surface area contributed by atoms with Gasteiger partial charge in [0.1, 0.15) is 12.2 Å². The van der Waals surface area contributed by atoms with E-state index in [-0.39, 0.29) is 23.6 Å². The molecule has 2 aromatic heterocycles. The molecule has 28 heavy (non-hydrogen) atoms. The van der Waals surface area contributed by atoms with Crippen molar-refractivity contribution in [1.82, 2.24) is 14.1 Å². The zero-order valence-corrected chi connectivity index (χ0v) is 15.5. The average molecular weight is 377 g/mol. The number of aromatic nitrogens is 3. The lowest BCUT2D eigenvalue weighted by Crippen LogP contribution is -2.44. The van der Waals surface area contributed by atoms with E-state index in [1.54, 1.807) is 50.4 Å². The highest BCUT2D eigenvalue weighted by Gasteiger charge is 2.22. The van der Waals surface area contributed by atoms with Crippen molar-refractivity contribution in [1.29, 1.82) is 5.26 Å². The fourth-order valence-corrected chi connectivity index (χ4v) is 2.99. The van der Waals surface area contributed by atoms with Crippen LogP contribution in [0, 0.1) is 25.2 Å². The zero-order chi connectivity index (χ0) is 20.4. The van der Waals surface area contributed by atoms with E-state index in [0.29, 0.717) is 11.4 Å². The molecule has 1 aromatic carbocycles. The molecule has 9 heteroatoms. The SMILES string of the molecule is Cc1cncc(-n2c(=O)c(N(N)c3ccccc3N)c(C)n(CC#N)c2=O)c1. The van der Waals surface area contributed by atoms with Gasteiger partial charge in [-0.2, -0.15) is 5.26 Å². The number of nitrogens with two attached hydrogens (primary N) is 2. The molecule has 0 radical (unpaired) electrons. The number of hydrogen-bond acceptors (Lipinski definition) is 7. The van der Waals surface area contributed by atoms with E-state index in [1.807, 2.05) is 6.07 Å². The second kappa shape index (κ2) is 7.38. The Labute approximate surface area is 160 Å². The van der Waals surface area contributed by atoms with Crippen molar-refractivity contribution in [3.05, 3.63) is 74.8 Å². The second-order valence-corrected chi connectivity index (χ2v) is 6.25. The van der Waals surface area contributed by atoms with Gasteiger partial charge in [0, 0.05) is 6.20 Å². The first kappa shape index (κ1) is 18.9. The van der Waals surface area contributed by atoms with Crippen molar-refractivity contribution in [2.45, 2.75) is 20.4 Å². The molecular weight excluding hydrogens is 358 g/mol. The Morgan fingerprint density at radius 3 is 2.57 bits per heavy atom. The largest absolute Gasteiger partial charge is 0.397 e. The second-order valence-electron chi connectivity index (χ2n) is 6.25. The number of para-hydroxylation sites is 2. The van der Waals surface area contributed by atoms with E-state index in [4.69, 9.17) is 16.8 Å². The Morgan fingerprint density at radius 2 is 1.93 bits per heavy atom. The predicted octanol–water partition coefficient (Wildman–Crippen LogP) is 1.13. The van der Waals surface area contributed by atoms with Crippen LogP contribution >= 0.6 is 0 Å². The molecule has 2 heterocycles. The number of nitrogen functional groups attached to an aromatic ring is 1. The Bertz CT molecular complexity index is 1200. The van der Waals surface area contributed by atoms with Crippen LogP contribution in [0.5, 0.6) is 0 Å². The minimum absolute atomic E-state index is 0.0363. The molecule has 3 aromatic rings. The lowest BCUT2D eigenvalue weighted by Gasteiger charge is -2.24. The summed E-state index contributed by atoms with van der Waals surface area (Å²) in [5.41, 5.74) is 6.85. The highest BCUT2D eigenvalue weighted by atomic mass is 16.2. The Morgan fingerprint density at radius 1 is 1.21 bits per heavy atom. The summed E-state index contributed by atoms with van der Waals surface area (Å²) >= 11 is 0. The van der Waals surface area contributed by atoms with Gasteiger partial charge < -0.3 is 5.73 Å². The quantitative estimate of drug-likeness (QED) is 0.395. The molecule has 3 rings (SSSR count). The lowest BCUT2D eigenvalue weighted by atomic mass is 10.2. The highest BCUT2D eigenvalue weighted by molar-refractivity contribution is 5.74. The van der Waals surface area contributed by atoms with E-state index < -0.39 is 11.2 Å². The first-order valence-electron chi connectivity index (χ1n) is 8.41. The summed E-state index contributed by atoms with van der Waals surface area (Å²) in [6, 6.07) is 10.4. The average Bonchev–Trinajstić information content (AvgIpc) is 2.65. The fourth-order valence-electron chi connectivity index (χ4n) is 2.99. The van der Waals surface area contributed by atoms with Crippen LogP contribution in [0.25, 0.3) is 5.69 Å². The first-order chi connectivity index (χ1) is 13.4. The molecule has 4 N–H and O–H groups in total. The summed E-state index contributed by atoms with van der Waals surface area (Å²) in [6.45, 7) is 3.12. The van der Waals surface area contributed by atoms with E-state index in [0.717, 1.165) is 15.1 Å². The molecule has 142 valence electrons. The molecule has 0 aliphatic carbocycles. The van der Waals surface area contributed by atoms with Crippen LogP contribution in [-0.2, 0) is 6.54 Å². The van der Waals surface area contributed by atoms with Crippen LogP contribution < -0.4 is 27.8 Å². The third-order valence-electron chi connectivity index (χ3n) is 4.36. The number of aryl methyl sites for hydroxylation is 1. The van der Waals surface area contributed by atoms with Crippen LogP contribution in [0.3, 0.4) is 0 Å². The normalized spacial score (nSPS) is 10.5. The molecule has 0 aliphatic heterocycles. The summed E-state index contributed by atoms with van der Waals surface area (Å²) in [4.78, 5) is 30.3. The first-order valence-corrected chi connectivity index (χ1v) is 8.41. The number of hydrogen-bond donors (Lipinski definition) is 2. The minimum atomic E-state index is -0.644. The van der Waals surface area contributed by atoms with Gasteiger partial charge in [0.25, 0.3) is 5.56 Å². The van der Waals surface area contributed by atoms with Crippen LogP contribution in [0.1, 0.15) is 11.3 Å². The molecule has 0 amide bonds. The maximum Gasteiger partial charge on any atom is 0.336 e. The number of pyridine rings is 1. The maximum atomic E-state index is 13.3. The molecule has 0 saturated carbocycles. The summed E-state index contributed by atoms with van der Waals surface area (Å²) in [7, 11) is 0. The van der Waals surface area contributed by atoms with E-state index in [2.05, 4.69) is 4.98 Å². The van der Waals surface area contributed by atoms with Gasteiger partial charge in [-0.15, -0.1) is 0 Å². The van der Waals surface area contributed by atoms with Crippen molar-refractivity contribution in [3.8, 4) is 11.8 Å². The molecule has 0 unspecified atom stereocenters. The van der Waals surface area contributed by atoms with Crippen LogP contribution in [0.15, 0.2) is 52.3 Å². The zero-order valence-electron chi connectivity index (χ0n) is 15.5. The third kappa shape index (κ3) is 3.13. The lowest BCUT2D eigenvalue weighted by molar-refractivity contribution is 0.672. The van der Waals surface area contributed by atoms with E-state index in [1.165, 1.54) is 10.8 Å². The molecule has 0 atom stereocenters. The maximum absolute atomic E-state index is 13.3. The minimum Gasteiger partial charge on any atom is -0.397 e. The summed E-state index contributed by atoms with van der Waals surface area (Å²) < 4.78 is 2.15. The topological polar surface area (TPSA) is 136 Å². The van der Waals surface area contributed by atoms with Crippen LogP contribution in [-0.4, -0.2) is 14.1 Å². The number of benzene rings is 1. The molecule has 0 bridgehead atoms. The van der Waals surface area contributed by atoms with Crippen molar-refractivity contribution in [2.75, 3.05) is 10.7 Å². The van der Waals surface area contributed by atoms with Gasteiger partial charge >= 0.3 is 5.69 Å². The standard InChI is InChI=1S/C19H19N7O2/c1-12-9-14(11-23-10-12)25-18(27)17(13(2)24(8-7-20)19(25)28)26(22)16-6-4-3-5-15(16)21/h3-6,9-11H,8,21-22H2,1-2H3. The smallest absolute Gasteiger partial charge is 0.336 e. The van der Waals surface area contributed by atoms with Gasteiger partial charge in [-0.1, -0.05) is 12.1 Å². The number of nitriles is 1. The van der Waals surface area contributed by atoms with Gasteiger partial charge in [0.05, 0.1) is 35.0 Å². The number of rotatable bonds is 4. The van der Waals surface area contributed by atoms with Crippen LogP contribution in [0.2, 0.25) is 0 Å². The Kier molecular flexibility index (Phi) is 4.98. The van der Waals surface area contributed by atoms with Crippen molar-refractivity contribution >= 4 is 17.1 Å². The summed E-state index contributed by atoms with van der Waals surface area (Å²) in [6.07, 6.45) is 3.01. The summed E-state index contributed by atoms with van der Waals surface area (Å²) in [5, 5.41) is 10.3. The number of anilines is 3. The predicted molar refractivity (Wildman–Crippen MR) is 106 cm³/mol. The van der Waals surface area contributed by atoms with Gasteiger partial charge in [-0.05, 0) is 37.6 Å². The van der Waals surface area contributed by atoms with Crippen LogP contribution in [0.4, 0.5) is 17.1 Å². The van der Waals surface area contributed by atoms with Crippen molar-refractivity contribution in [2.24, 2.45) is 5.84 Å². The number of hydrazine groups is 1. The Balaban J connectivity index is 2.38. The molecule has 0 fully saturated rings. The molecular formula is C19H19N7O2. The van der Waals surface area contributed by atoms with Crippen molar-refractivity contribution < 1.29 is 0 Å². The fraction of sp³-hybridized carbons (Fsp3) is 0.158. The van der Waals surface area contributed by atoms with E-state index in [9.17, 15) is 9.59 Å². The monoisotopic (exact) mass is 377 g/mol. The van der Waals surface area contributed by atoms with Gasteiger partial charge in [-0.25, -0.2) is 15.2 Å². The molecule has 0 aliphatic rings. The molecule has 9 nitrogen and oxygen atoms in total. The Hall–Kier alpha value is -3.90. The molecule has 0 saturated heterocycles. The van der Waals surface area contributed by atoms with E-state index >= 15 is 0 Å². The van der Waals surface area contributed by atoms with Gasteiger partial charge in [0.2, 0.25) is 0 Å². The summed E-state index contributed by atoms with van der Waals surface area (Å²) in [5.74, 6) is 6.24. The third-order valence-corrected chi connectivity index (χ3v) is 4.36. The van der Waals surface area contributed by atoms with Gasteiger partial charge in [0.15, 0.2) is 0 Å². The number of nitrogens with zero attached hydrogens (tertiary/aromatic N) is 5. The van der Waals surface area contributed by atoms with Gasteiger partial charge in [-0.3, -0.25) is 19.4 Å². The highest BCUT2D eigenvalue weighted by Crippen LogP contribution is 2.26. The molecule has 0 spiro atoms.